The third kappa shape index (κ3) is 4.02. The van der Waals surface area contributed by atoms with Gasteiger partial charge in [0.05, 0.1) is 0 Å². The second kappa shape index (κ2) is 5.93. The first kappa shape index (κ1) is 11.4. The third-order valence-corrected chi connectivity index (χ3v) is 2.18. The Balaban J connectivity index is 2.56. The van der Waals surface area contributed by atoms with Gasteiger partial charge in [0.15, 0.2) is 0 Å². The lowest BCUT2D eigenvalue weighted by Gasteiger charge is -1.99. The third-order valence-electron chi connectivity index (χ3n) is 1.34. The van der Waals surface area contributed by atoms with Crippen molar-refractivity contribution >= 4 is 43.6 Å². The molecule has 0 spiro atoms. The predicted molar refractivity (Wildman–Crippen MR) is 63.5 cm³/mol. The normalized spacial score (nSPS) is 10.4. The highest BCUT2D eigenvalue weighted by atomic mass is 79.9. The molecule has 0 atom stereocenters. The number of hydrogen-bond acceptors (Lipinski definition) is 2. The number of carbonyl (C=O) groups excluding carboxylic acids is 1. The van der Waals surface area contributed by atoms with Gasteiger partial charge in [-0.05, 0) is 28.1 Å². The van der Waals surface area contributed by atoms with Crippen LogP contribution in [0.3, 0.4) is 0 Å². The molecule has 0 bridgehead atoms. The summed E-state index contributed by atoms with van der Waals surface area (Å²) in [4.78, 5) is 15.2. The molecule has 5 heteroatoms. The van der Waals surface area contributed by atoms with Gasteiger partial charge in [-0.3, -0.25) is 4.79 Å². The number of nitrogens with one attached hydrogen (secondary N) is 1. The van der Waals surface area contributed by atoms with Crippen molar-refractivity contribution in [1.29, 1.82) is 0 Å². The zero-order chi connectivity index (χ0) is 10.4. The molecular formula is C9H8Br2N2O. The summed E-state index contributed by atoms with van der Waals surface area (Å²) in [5, 5.41) is 3.29. The molecule has 1 heterocycles. The average Bonchev–Trinajstić information content (AvgIpc) is 2.18. The van der Waals surface area contributed by atoms with Crippen LogP contribution in [0.2, 0.25) is 0 Å². The summed E-state index contributed by atoms with van der Waals surface area (Å²) < 4.78 is 0.881. The van der Waals surface area contributed by atoms with E-state index in [9.17, 15) is 4.79 Å². The number of amides is 1. The van der Waals surface area contributed by atoms with Crippen molar-refractivity contribution in [3.05, 3.63) is 35.0 Å². The number of alkyl halides is 1. The lowest BCUT2D eigenvalue weighted by molar-refractivity contribution is -0.111. The minimum Gasteiger partial charge on any atom is -0.307 e. The van der Waals surface area contributed by atoms with Gasteiger partial charge in [-0.1, -0.05) is 22.0 Å². The summed E-state index contributed by atoms with van der Waals surface area (Å²) in [7, 11) is 0. The molecule has 14 heavy (non-hydrogen) atoms. The summed E-state index contributed by atoms with van der Waals surface area (Å²) in [5.41, 5.74) is 0. The van der Waals surface area contributed by atoms with E-state index in [1.807, 2.05) is 6.07 Å². The smallest absolute Gasteiger partial charge is 0.249 e. The molecule has 0 aliphatic heterocycles. The van der Waals surface area contributed by atoms with Crippen LogP contribution >= 0.6 is 31.9 Å². The Morgan fingerprint density at radius 1 is 1.57 bits per heavy atom. The largest absolute Gasteiger partial charge is 0.307 e. The van der Waals surface area contributed by atoms with Gasteiger partial charge >= 0.3 is 0 Å². The summed E-state index contributed by atoms with van der Waals surface area (Å²) in [6, 6.07) is 3.54. The molecule has 0 radical (unpaired) electrons. The Labute approximate surface area is 98.9 Å². The number of allylic oxidation sites excluding steroid dienone is 1. The number of hydrogen-bond donors (Lipinski definition) is 1. The Kier molecular flexibility index (Phi) is 4.82. The van der Waals surface area contributed by atoms with E-state index in [1.54, 1.807) is 18.3 Å². The van der Waals surface area contributed by atoms with Gasteiger partial charge < -0.3 is 5.32 Å². The van der Waals surface area contributed by atoms with Crippen molar-refractivity contribution in [3.8, 4) is 0 Å². The summed E-state index contributed by atoms with van der Waals surface area (Å²) in [5.74, 6) is 0.358. The maximum absolute atomic E-state index is 11.2. The SMILES string of the molecule is O=C(/C=C/CBr)Nc1ccc(Br)cn1. The van der Waals surface area contributed by atoms with Crippen molar-refractivity contribution in [1.82, 2.24) is 4.98 Å². The number of pyridine rings is 1. The number of nitrogens with zero attached hydrogens (tertiary/aromatic N) is 1. The van der Waals surface area contributed by atoms with Crippen LogP contribution in [0.15, 0.2) is 35.0 Å². The van der Waals surface area contributed by atoms with E-state index in [-0.39, 0.29) is 5.91 Å². The van der Waals surface area contributed by atoms with Crippen LogP contribution in [0.4, 0.5) is 5.82 Å². The maximum atomic E-state index is 11.2. The van der Waals surface area contributed by atoms with Crippen LogP contribution in [-0.2, 0) is 4.79 Å². The Morgan fingerprint density at radius 2 is 2.36 bits per heavy atom. The Bertz CT molecular complexity index is 335. The van der Waals surface area contributed by atoms with Crippen molar-refractivity contribution in [2.24, 2.45) is 0 Å². The number of halogens is 2. The lowest BCUT2D eigenvalue weighted by atomic mass is 10.4. The minimum atomic E-state index is -0.181. The molecule has 0 aliphatic rings. The van der Waals surface area contributed by atoms with Gasteiger partial charge in [0.2, 0.25) is 5.91 Å². The van der Waals surface area contributed by atoms with Gasteiger partial charge in [0, 0.05) is 22.1 Å². The second-order valence-corrected chi connectivity index (χ2v) is 3.97. The molecular weight excluding hydrogens is 312 g/mol. The first-order valence-corrected chi connectivity index (χ1v) is 5.79. The van der Waals surface area contributed by atoms with Crippen LogP contribution in [0.5, 0.6) is 0 Å². The van der Waals surface area contributed by atoms with Crippen LogP contribution in [-0.4, -0.2) is 16.2 Å². The zero-order valence-corrected chi connectivity index (χ0v) is 10.4. The number of aromatic nitrogens is 1. The lowest BCUT2D eigenvalue weighted by Crippen LogP contribution is -2.08. The summed E-state index contributed by atoms with van der Waals surface area (Å²) in [6.07, 6.45) is 4.80. The minimum absolute atomic E-state index is 0.181. The quantitative estimate of drug-likeness (QED) is 0.687. The number of anilines is 1. The molecule has 1 aromatic rings. The van der Waals surface area contributed by atoms with E-state index in [0.29, 0.717) is 11.1 Å². The topological polar surface area (TPSA) is 42.0 Å². The molecule has 1 amide bonds. The van der Waals surface area contributed by atoms with E-state index in [1.165, 1.54) is 6.08 Å². The summed E-state index contributed by atoms with van der Waals surface area (Å²) in [6.45, 7) is 0. The van der Waals surface area contributed by atoms with Crippen molar-refractivity contribution < 1.29 is 4.79 Å². The monoisotopic (exact) mass is 318 g/mol. The fraction of sp³-hybridized carbons (Fsp3) is 0.111. The first-order chi connectivity index (χ1) is 6.72. The molecule has 0 fully saturated rings. The van der Waals surface area contributed by atoms with E-state index in [0.717, 1.165) is 4.47 Å². The van der Waals surface area contributed by atoms with Crippen LogP contribution in [0.1, 0.15) is 0 Å². The molecule has 74 valence electrons. The van der Waals surface area contributed by atoms with E-state index in [2.05, 4.69) is 42.2 Å². The number of carbonyl (C=O) groups is 1. The highest BCUT2D eigenvalue weighted by Crippen LogP contribution is 2.10. The van der Waals surface area contributed by atoms with Crippen LogP contribution in [0.25, 0.3) is 0 Å². The molecule has 0 saturated carbocycles. The highest BCUT2D eigenvalue weighted by molar-refractivity contribution is 9.10. The standard InChI is InChI=1S/C9H8Br2N2O/c10-5-1-2-9(14)13-8-4-3-7(11)6-12-8/h1-4,6H,5H2,(H,12,13,14)/b2-1+. The van der Waals surface area contributed by atoms with Gasteiger partial charge in [-0.2, -0.15) is 0 Å². The van der Waals surface area contributed by atoms with Crippen molar-refractivity contribution in [3.63, 3.8) is 0 Å². The molecule has 0 unspecified atom stereocenters. The summed E-state index contributed by atoms with van der Waals surface area (Å²) >= 11 is 6.44. The molecule has 1 aromatic heterocycles. The van der Waals surface area contributed by atoms with E-state index >= 15 is 0 Å². The van der Waals surface area contributed by atoms with Gasteiger partial charge in [0.1, 0.15) is 5.82 Å². The molecule has 0 aromatic carbocycles. The fourth-order valence-corrected chi connectivity index (χ4v) is 1.19. The van der Waals surface area contributed by atoms with Gasteiger partial charge in [-0.25, -0.2) is 4.98 Å². The number of rotatable bonds is 3. The van der Waals surface area contributed by atoms with E-state index < -0.39 is 0 Å². The molecule has 1 N–H and O–H groups in total. The van der Waals surface area contributed by atoms with E-state index in [4.69, 9.17) is 0 Å². The average molecular weight is 320 g/mol. The van der Waals surface area contributed by atoms with Gasteiger partial charge in [-0.15, -0.1) is 0 Å². The first-order valence-electron chi connectivity index (χ1n) is 3.87. The van der Waals surface area contributed by atoms with Crippen molar-refractivity contribution in [2.45, 2.75) is 0 Å². The highest BCUT2D eigenvalue weighted by Gasteiger charge is 1.97. The second-order valence-electron chi connectivity index (χ2n) is 2.41. The van der Waals surface area contributed by atoms with Crippen LogP contribution < -0.4 is 5.32 Å². The molecule has 1 rings (SSSR count). The predicted octanol–water partition coefficient (Wildman–Crippen LogP) is 2.73. The zero-order valence-electron chi connectivity index (χ0n) is 7.21. The molecule has 0 saturated heterocycles. The van der Waals surface area contributed by atoms with Crippen LogP contribution in [0, 0.1) is 0 Å². The molecule has 3 nitrogen and oxygen atoms in total. The Morgan fingerprint density at radius 3 is 2.93 bits per heavy atom. The fourth-order valence-electron chi connectivity index (χ4n) is 0.769. The van der Waals surface area contributed by atoms with Gasteiger partial charge in [0.25, 0.3) is 0 Å². The maximum Gasteiger partial charge on any atom is 0.249 e. The Hall–Kier alpha value is -0.680. The molecule has 0 aliphatic carbocycles. The van der Waals surface area contributed by atoms with Crippen molar-refractivity contribution in [2.75, 3.05) is 10.6 Å².